The SMILES string of the molecule is N=c1cc(-c2ccc(N)cc2)nc2scc(-c3cccnc3)n12. The summed E-state index contributed by atoms with van der Waals surface area (Å²) < 4.78 is 1.84. The molecule has 3 aromatic heterocycles. The van der Waals surface area contributed by atoms with Crippen LogP contribution in [0, 0.1) is 5.41 Å². The van der Waals surface area contributed by atoms with Crippen molar-refractivity contribution in [3.63, 3.8) is 0 Å². The average molecular weight is 319 g/mol. The first-order valence-corrected chi connectivity index (χ1v) is 7.92. The maximum absolute atomic E-state index is 8.39. The first-order chi connectivity index (χ1) is 11.2. The smallest absolute Gasteiger partial charge is 0.196 e. The highest BCUT2D eigenvalue weighted by atomic mass is 32.1. The highest BCUT2D eigenvalue weighted by Crippen LogP contribution is 2.25. The number of hydrogen-bond acceptors (Lipinski definition) is 5. The summed E-state index contributed by atoms with van der Waals surface area (Å²) in [6, 6.07) is 13.2. The molecular weight excluding hydrogens is 306 g/mol. The van der Waals surface area contributed by atoms with Crippen LogP contribution >= 0.6 is 11.3 Å². The third kappa shape index (κ3) is 2.39. The van der Waals surface area contributed by atoms with E-state index in [1.165, 1.54) is 11.3 Å². The Bertz CT molecular complexity index is 1030. The predicted molar refractivity (Wildman–Crippen MR) is 92.0 cm³/mol. The van der Waals surface area contributed by atoms with E-state index in [-0.39, 0.29) is 0 Å². The number of nitrogen functional groups attached to an aromatic ring is 1. The Labute approximate surface area is 136 Å². The largest absolute Gasteiger partial charge is 0.399 e. The molecular formula is C17H13N5S. The standard InChI is InChI=1S/C17H13N5S/c18-13-5-3-11(4-6-13)14-8-16(19)22-15(10-23-17(22)21-14)12-2-1-7-20-9-12/h1-10,19H,18H2. The van der Waals surface area contributed by atoms with Crippen molar-refractivity contribution in [3.8, 4) is 22.5 Å². The lowest BCUT2D eigenvalue weighted by Crippen LogP contribution is -2.14. The summed E-state index contributed by atoms with van der Waals surface area (Å²) in [7, 11) is 0. The Morgan fingerprint density at radius 2 is 1.91 bits per heavy atom. The number of thiazole rings is 1. The monoisotopic (exact) mass is 319 g/mol. The summed E-state index contributed by atoms with van der Waals surface area (Å²) in [5.74, 6) is 0. The molecule has 3 heterocycles. The molecule has 1 aromatic carbocycles. The fourth-order valence-electron chi connectivity index (χ4n) is 2.47. The van der Waals surface area contributed by atoms with E-state index in [2.05, 4.69) is 9.97 Å². The van der Waals surface area contributed by atoms with Gasteiger partial charge in [0.2, 0.25) is 0 Å². The van der Waals surface area contributed by atoms with Gasteiger partial charge in [0.25, 0.3) is 0 Å². The van der Waals surface area contributed by atoms with E-state index in [0.29, 0.717) is 11.2 Å². The molecule has 0 fully saturated rings. The van der Waals surface area contributed by atoms with Crippen LogP contribution in [0.3, 0.4) is 0 Å². The van der Waals surface area contributed by atoms with Gasteiger partial charge in [-0.1, -0.05) is 12.1 Å². The van der Waals surface area contributed by atoms with Crippen LogP contribution < -0.4 is 11.2 Å². The first-order valence-electron chi connectivity index (χ1n) is 7.04. The number of benzene rings is 1. The van der Waals surface area contributed by atoms with E-state index < -0.39 is 0 Å². The summed E-state index contributed by atoms with van der Waals surface area (Å²) >= 11 is 1.51. The van der Waals surface area contributed by atoms with Gasteiger partial charge in [-0.05, 0) is 24.3 Å². The molecule has 0 aliphatic heterocycles. The van der Waals surface area contributed by atoms with Gasteiger partial charge in [-0.25, -0.2) is 4.98 Å². The van der Waals surface area contributed by atoms with Gasteiger partial charge < -0.3 is 5.73 Å². The predicted octanol–water partition coefficient (Wildman–Crippen LogP) is 3.19. The second kappa shape index (κ2) is 5.33. The van der Waals surface area contributed by atoms with E-state index in [0.717, 1.165) is 27.5 Å². The highest BCUT2D eigenvalue weighted by molar-refractivity contribution is 7.15. The number of nitrogens with one attached hydrogen (secondary N) is 1. The van der Waals surface area contributed by atoms with Crippen LogP contribution in [-0.2, 0) is 0 Å². The number of rotatable bonds is 2. The van der Waals surface area contributed by atoms with E-state index in [9.17, 15) is 0 Å². The van der Waals surface area contributed by atoms with Gasteiger partial charge in [0.1, 0.15) is 5.49 Å². The lowest BCUT2D eigenvalue weighted by atomic mass is 10.1. The molecule has 0 saturated carbocycles. The molecule has 0 saturated heterocycles. The van der Waals surface area contributed by atoms with Crippen molar-refractivity contribution in [2.75, 3.05) is 5.73 Å². The maximum Gasteiger partial charge on any atom is 0.196 e. The fourth-order valence-corrected chi connectivity index (χ4v) is 3.38. The van der Waals surface area contributed by atoms with Gasteiger partial charge >= 0.3 is 0 Å². The van der Waals surface area contributed by atoms with Gasteiger partial charge in [-0.2, -0.15) is 0 Å². The van der Waals surface area contributed by atoms with Crippen LogP contribution in [0.25, 0.3) is 27.5 Å². The molecule has 112 valence electrons. The quantitative estimate of drug-likeness (QED) is 0.557. The number of anilines is 1. The van der Waals surface area contributed by atoms with Crippen LogP contribution in [0.2, 0.25) is 0 Å². The number of nitrogens with two attached hydrogens (primary N) is 1. The lowest BCUT2D eigenvalue weighted by Gasteiger charge is -2.05. The molecule has 0 amide bonds. The normalized spacial score (nSPS) is 11.0. The minimum atomic E-state index is 0.391. The molecule has 0 unspecified atom stereocenters. The van der Waals surface area contributed by atoms with Crippen molar-refractivity contribution in [2.45, 2.75) is 0 Å². The third-order valence-corrected chi connectivity index (χ3v) is 4.43. The number of aromatic nitrogens is 3. The van der Waals surface area contributed by atoms with Crippen molar-refractivity contribution in [1.82, 2.24) is 14.4 Å². The Hall–Kier alpha value is -2.99. The molecule has 0 aliphatic carbocycles. The second-order valence-electron chi connectivity index (χ2n) is 5.13. The molecule has 0 bridgehead atoms. The molecule has 6 heteroatoms. The van der Waals surface area contributed by atoms with E-state index in [1.54, 1.807) is 18.5 Å². The molecule has 5 nitrogen and oxygen atoms in total. The minimum Gasteiger partial charge on any atom is -0.399 e. The van der Waals surface area contributed by atoms with Crippen LogP contribution in [0.15, 0.2) is 60.2 Å². The molecule has 0 aliphatic rings. The number of nitrogens with zero attached hydrogens (tertiary/aromatic N) is 3. The molecule has 0 atom stereocenters. The average Bonchev–Trinajstić information content (AvgIpc) is 3.01. The van der Waals surface area contributed by atoms with Crippen molar-refractivity contribution in [1.29, 1.82) is 5.41 Å². The summed E-state index contributed by atoms with van der Waals surface area (Å²) in [4.78, 5) is 9.61. The molecule has 0 spiro atoms. The van der Waals surface area contributed by atoms with Crippen LogP contribution in [0.4, 0.5) is 5.69 Å². The van der Waals surface area contributed by atoms with E-state index in [1.807, 2.05) is 46.2 Å². The van der Waals surface area contributed by atoms with Crippen molar-refractivity contribution in [3.05, 3.63) is 65.7 Å². The van der Waals surface area contributed by atoms with Crippen LogP contribution in [0.1, 0.15) is 0 Å². The minimum absolute atomic E-state index is 0.391. The lowest BCUT2D eigenvalue weighted by molar-refractivity contribution is 1.00. The van der Waals surface area contributed by atoms with Gasteiger partial charge in [-0.3, -0.25) is 14.8 Å². The fraction of sp³-hybridized carbons (Fsp3) is 0. The van der Waals surface area contributed by atoms with Gasteiger partial charge in [0.15, 0.2) is 4.96 Å². The Morgan fingerprint density at radius 1 is 1.09 bits per heavy atom. The summed E-state index contributed by atoms with van der Waals surface area (Å²) in [6.45, 7) is 0. The van der Waals surface area contributed by atoms with E-state index >= 15 is 0 Å². The number of fused-ring (bicyclic) bond motifs is 1. The Kier molecular flexibility index (Phi) is 3.17. The first kappa shape index (κ1) is 13.7. The van der Waals surface area contributed by atoms with Crippen molar-refractivity contribution >= 4 is 22.0 Å². The molecule has 0 radical (unpaired) electrons. The van der Waals surface area contributed by atoms with Crippen LogP contribution in [0.5, 0.6) is 0 Å². The number of pyridine rings is 1. The van der Waals surface area contributed by atoms with Crippen molar-refractivity contribution in [2.24, 2.45) is 0 Å². The molecule has 23 heavy (non-hydrogen) atoms. The van der Waals surface area contributed by atoms with E-state index in [4.69, 9.17) is 11.1 Å². The van der Waals surface area contributed by atoms with Gasteiger partial charge in [0, 0.05) is 40.7 Å². The molecule has 3 N–H and O–H groups in total. The molecule has 4 aromatic rings. The Morgan fingerprint density at radius 3 is 2.65 bits per heavy atom. The Balaban J connectivity index is 1.91. The maximum atomic E-state index is 8.39. The molecule has 4 rings (SSSR count). The van der Waals surface area contributed by atoms with Gasteiger partial charge in [0.05, 0.1) is 11.4 Å². The topological polar surface area (TPSA) is 80.1 Å². The summed E-state index contributed by atoms with van der Waals surface area (Å²) in [5.41, 5.74) is 10.5. The van der Waals surface area contributed by atoms with Gasteiger partial charge in [-0.15, -0.1) is 11.3 Å². The zero-order valence-electron chi connectivity index (χ0n) is 12.1. The van der Waals surface area contributed by atoms with Crippen LogP contribution in [-0.4, -0.2) is 14.4 Å². The highest BCUT2D eigenvalue weighted by Gasteiger charge is 2.10. The van der Waals surface area contributed by atoms with Crippen molar-refractivity contribution < 1.29 is 0 Å². The number of hydrogen-bond donors (Lipinski definition) is 2. The zero-order valence-corrected chi connectivity index (χ0v) is 12.9. The zero-order chi connectivity index (χ0) is 15.8. The second-order valence-corrected chi connectivity index (χ2v) is 5.97. The summed E-state index contributed by atoms with van der Waals surface area (Å²) in [5, 5.41) is 10.4. The summed E-state index contributed by atoms with van der Waals surface area (Å²) in [6.07, 6.45) is 3.53. The third-order valence-electron chi connectivity index (χ3n) is 3.60.